The standard InChI is InChI=1S/C28H22N4O11S4.3Na/c1-14-7-9-21-25(26(14)47(41,42)43)44-28(30-21)16-8-10-20(23(13-16)46(38,39)40)31-32-24(15(2)33)27(34)29-19-11-12-22(45(35,36)37)18-6-4-3-5-17(18)19;;;/h3-13,24H,1-2H3,(H,29,34)(H,35,36,37)(H,38,39,40)(H,41,42,43);;;. The third-order valence-corrected chi connectivity index (χ3v) is 10.9. The zero-order valence-corrected chi connectivity index (χ0v) is 36.3. The zero-order valence-electron chi connectivity index (χ0n) is 27.0. The van der Waals surface area contributed by atoms with E-state index < -0.39 is 63.6 Å². The largest absolute Gasteiger partial charge is 0.323 e. The minimum absolute atomic E-state index is 0. The van der Waals surface area contributed by atoms with Gasteiger partial charge in [-0.1, -0.05) is 30.3 Å². The van der Waals surface area contributed by atoms with Crippen molar-refractivity contribution < 1.29 is 48.5 Å². The van der Waals surface area contributed by atoms with Gasteiger partial charge < -0.3 is 5.32 Å². The summed E-state index contributed by atoms with van der Waals surface area (Å²) in [5.74, 6) is -1.80. The Labute approximate surface area is 356 Å². The molecule has 0 spiro atoms. The second kappa shape index (κ2) is 17.1. The number of azo groups is 1. The topological polar surface area (TPSA) is 247 Å². The molecular weight excluding hydrogens is 766 g/mol. The van der Waals surface area contributed by atoms with E-state index in [1.54, 1.807) is 6.07 Å². The number of aromatic nitrogens is 1. The van der Waals surface area contributed by atoms with E-state index in [2.05, 4.69) is 20.5 Å². The number of thiazole rings is 1. The molecule has 1 unspecified atom stereocenters. The molecule has 0 aliphatic carbocycles. The van der Waals surface area contributed by atoms with Gasteiger partial charge in [0.15, 0.2) is 5.78 Å². The van der Waals surface area contributed by atoms with Crippen molar-refractivity contribution in [3.8, 4) is 10.6 Å². The monoisotopic (exact) mass is 787 g/mol. The Morgan fingerprint density at radius 2 is 1.42 bits per heavy atom. The van der Waals surface area contributed by atoms with Crippen LogP contribution in [0.25, 0.3) is 31.6 Å². The maximum absolute atomic E-state index is 13.1. The summed E-state index contributed by atoms with van der Waals surface area (Å²) in [5, 5.41) is 10.4. The predicted molar refractivity (Wildman–Crippen MR) is 188 cm³/mol. The van der Waals surface area contributed by atoms with E-state index in [1.807, 2.05) is 0 Å². The number of ketones is 1. The Bertz CT molecular complexity index is 2510. The minimum atomic E-state index is -4.98. The summed E-state index contributed by atoms with van der Waals surface area (Å²) >= 11 is 0.847. The van der Waals surface area contributed by atoms with Gasteiger partial charge in [-0.2, -0.15) is 35.5 Å². The Kier molecular flexibility index (Phi) is 15.3. The van der Waals surface area contributed by atoms with Crippen LogP contribution in [0.4, 0.5) is 11.4 Å². The molecule has 1 aromatic heterocycles. The number of nitrogens with zero attached hydrogens (tertiary/aromatic N) is 3. The second-order valence-corrected chi connectivity index (χ2v) is 15.2. The van der Waals surface area contributed by atoms with Crippen LogP contribution in [0.5, 0.6) is 0 Å². The maximum Gasteiger partial charge on any atom is 0.296 e. The van der Waals surface area contributed by atoms with Crippen molar-refractivity contribution in [3.05, 3.63) is 72.3 Å². The fourth-order valence-electron chi connectivity index (χ4n) is 4.69. The molecule has 4 N–H and O–H groups in total. The second-order valence-electron chi connectivity index (χ2n) is 10.1. The summed E-state index contributed by atoms with van der Waals surface area (Å²) in [6.07, 6.45) is 0. The van der Waals surface area contributed by atoms with Crippen LogP contribution >= 0.6 is 11.3 Å². The van der Waals surface area contributed by atoms with Crippen LogP contribution < -0.4 is 5.32 Å². The first-order valence-electron chi connectivity index (χ1n) is 13.1. The van der Waals surface area contributed by atoms with Crippen molar-refractivity contribution in [1.82, 2.24) is 4.98 Å². The number of benzene rings is 4. The number of aryl methyl sites for hydroxylation is 1. The van der Waals surface area contributed by atoms with Crippen molar-refractivity contribution in [2.24, 2.45) is 10.2 Å². The molecule has 0 bridgehead atoms. The van der Waals surface area contributed by atoms with Crippen LogP contribution in [0.2, 0.25) is 0 Å². The average Bonchev–Trinajstić information content (AvgIpc) is 3.39. The molecule has 0 aliphatic rings. The number of anilines is 1. The van der Waals surface area contributed by atoms with Gasteiger partial charge in [-0.3, -0.25) is 23.2 Å². The molecular formula is C28H22N4Na3O11S4. The number of nitrogens with one attached hydrogen (secondary N) is 1. The predicted octanol–water partition coefficient (Wildman–Crippen LogP) is 3.70. The number of fused-ring (bicyclic) bond motifs is 2. The quantitative estimate of drug-likeness (QED) is 0.0723. The van der Waals surface area contributed by atoms with Crippen molar-refractivity contribution >= 4 is 174 Å². The first-order valence-corrected chi connectivity index (χ1v) is 18.2. The van der Waals surface area contributed by atoms with E-state index >= 15 is 0 Å². The van der Waals surface area contributed by atoms with Crippen molar-refractivity contribution in [2.75, 3.05) is 5.32 Å². The minimum Gasteiger partial charge on any atom is -0.323 e. The van der Waals surface area contributed by atoms with Gasteiger partial charge in [0, 0.05) is 111 Å². The van der Waals surface area contributed by atoms with E-state index in [9.17, 15) is 48.5 Å². The van der Waals surface area contributed by atoms with Crippen molar-refractivity contribution in [2.45, 2.75) is 34.6 Å². The van der Waals surface area contributed by atoms with Gasteiger partial charge in [-0.25, -0.2) is 4.98 Å². The molecule has 0 aliphatic heterocycles. The number of rotatable bonds is 9. The molecule has 15 nitrogen and oxygen atoms in total. The molecule has 0 saturated carbocycles. The van der Waals surface area contributed by atoms with Crippen molar-refractivity contribution in [1.29, 1.82) is 0 Å². The molecule has 247 valence electrons. The number of hydrogen-bond donors (Lipinski definition) is 4. The number of carbonyl (C=O) groups is 2. The molecule has 1 atom stereocenters. The Morgan fingerprint density at radius 3 is 2.00 bits per heavy atom. The van der Waals surface area contributed by atoms with Crippen LogP contribution in [-0.2, 0) is 39.9 Å². The Balaban J connectivity index is 0.00000289. The third kappa shape index (κ3) is 9.72. The van der Waals surface area contributed by atoms with E-state index in [4.69, 9.17) is 0 Å². The van der Waals surface area contributed by atoms with Gasteiger partial charge in [-0.05, 0) is 55.8 Å². The number of hydrogen-bond acceptors (Lipinski definition) is 12. The number of amides is 1. The summed E-state index contributed by atoms with van der Waals surface area (Å²) in [6, 6.07) is 12.8. The van der Waals surface area contributed by atoms with E-state index in [0.29, 0.717) is 0 Å². The molecule has 22 heteroatoms. The van der Waals surface area contributed by atoms with Gasteiger partial charge >= 0.3 is 0 Å². The van der Waals surface area contributed by atoms with Gasteiger partial charge in [0.05, 0.1) is 10.2 Å². The third-order valence-electron chi connectivity index (χ3n) is 6.79. The number of carbonyl (C=O) groups excluding carboxylic acids is 2. The Hall–Kier alpha value is -1.50. The van der Waals surface area contributed by atoms with Crippen LogP contribution in [-0.4, -0.2) is 150 Å². The fourth-order valence-corrected chi connectivity index (χ4v) is 8.35. The maximum atomic E-state index is 13.1. The molecule has 3 radical (unpaired) electrons. The van der Waals surface area contributed by atoms with Gasteiger partial charge in [-0.15, -0.1) is 11.3 Å². The van der Waals surface area contributed by atoms with Crippen LogP contribution in [0.1, 0.15) is 12.5 Å². The molecule has 1 amide bonds. The molecule has 4 aromatic carbocycles. The SMILES string of the molecule is CC(=O)C(N=Nc1ccc(-c2nc3ccc(C)c(S(=O)(=O)O)c3s2)cc1S(=O)(=O)O)C(=O)Nc1ccc(S(=O)(=O)O)c2ccccc12.[Na].[Na].[Na]. The number of Topliss-reactive ketones (excluding diaryl/α,β-unsaturated/α-hetero) is 1. The Morgan fingerprint density at radius 1 is 0.800 bits per heavy atom. The summed E-state index contributed by atoms with van der Waals surface area (Å²) < 4.78 is 102. The molecule has 0 fully saturated rings. The van der Waals surface area contributed by atoms with Gasteiger partial charge in [0.2, 0.25) is 6.04 Å². The molecule has 1 heterocycles. The molecule has 0 saturated heterocycles. The summed E-state index contributed by atoms with van der Waals surface area (Å²) in [4.78, 5) is 28.3. The van der Waals surface area contributed by atoms with E-state index in [1.165, 1.54) is 49.4 Å². The summed E-state index contributed by atoms with van der Waals surface area (Å²) in [5.41, 5.74) is 0.213. The first kappa shape index (κ1) is 44.7. The molecule has 50 heavy (non-hydrogen) atoms. The van der Waals surface area contributed by atoms with Crippen LogP contribution in [0, 0.1) is 6.92 Å². The smallest absolute Gasteiger partial charge is 0.296 e. The zero-order chi connectivity index (χ0) is 34.5. The average molecular weight is 788 g/mol. The normalized spacial score (nSPS) is 12.5. The van der Waals surface area contributed by atoms with Crippen LogP contribution in [0.3, 0.4) is 0 Å². The van der Waals surface area contributed by atoms with E-state index in [0.717, 1.165) is 36.5 Å². The van der Waals surface area contributed by atoms with Crippen molar-refractivity contribution in [3.63, 3.8) is 0 Å². The van der Waals surface area contributed by atoms with E-state index in [-0.39, 0.29) is 136 Å². The summed E-state index contributed by atoms with van der Waals surface area (Å²) in [7, 11) is -14.2. The fraction of sp³-hybridized carbons (Fsp3) is 0.107. The molecule has 5 aromatic rings. The summed E-state index contributed by atoms with van der Waals surface area (Å²) in [6.45, 7) is 2.51. The van der Waals surface area contributed by atoms with Crippen LogP contribution in [0.15, 0.2) is 91.6 Å². The first-order chi connectivity index (χ1) is 21.9. The molecule has 5 rings (SSSR count). The van der Waals surface area contributed by atoms with Gasteiger partial charge in [0.25, 0.3) is 36.3 Å². The van der Waals surface area contributed by atoms with Gasteiger partial charge in [0.1, 0.15) is 25.4 Å².